The number of anilines is 1. The Hall–Kier alpha value is -2.72. The van der Waals surface area contributed by atoms with Gasteiger partial charge in [-0.2, -0.15) is 0 Å². The molecule has 0 aliphatic heterocycles. The van der Waals surface area contributed by atoms with Crippen LogP contribution in [0.3, 0.4) is 0 Å². The van der Waals surface area contributed by atoms with Crippen molar-refractivity contribution in [3.05, 3.63) is 64.9 Å². The highest BCUT2D eigenvalue weighted by Gasteiger charge is 2.09. The van der Waals surface area contributed by atoms with E-state index in [1.165, 1.54) is 6.08 Å². The number of aryl methyl sites for hydroxylation is 1. The number of fused-ring (bicyclic) bond motifs is 1. The number of carbonyl (C=O) groups excluding carboxylic acids is 1. The lowest BCUT2D eigenvalue weighted by molar-refractivity contribution is -0.111. The predicted molar refractivity (Wildman–Crippen MR) is 96.6 cm³/mol. The summed E-state index contributed by atoms with van der Waals surface area (Å²) in [5, 5.41) is 4.19. The van der Waals surface area contributed by atoms with Crippen LogP contribution in [0.15, 0.2) is 53.0 Å². The van der Waals surface area contributed by atoms with E-state index in [-0.39, 0.29) is 5.91 Å². The van der Waals surface area contributed by atoms with Crippen LogP contribution in [0.5, 0.6) is 5.75 Å². The molecule has 3 aromatic rings. The Balaban J connectivity index is 1.79. The number of carbonyl (C=O) groups is 1. The summed E-state index contributed by atoms with van der Waals surface area (Å²) in [6, 6.07) is 12.9. The standard InChI is InChI=1S/C19H16ClNO3/c1-12-4-3-5-15(8-12)21-18(22)7-6-16-10-13-9-14(20)11-17(23-2)19(13)24-16/h3-11H,1-2H3,(H,21,22)/b7-6+. The Morgan fingerprint density at radius 1 is 1.25 bits per heavy atom. The van der Waals surface area contributed by atoms with E-state index in [1.807, 2.05) is 31.2 Å². The fraction of sp³-hybridized carbons (Fsp3) is 0.105. The molecule has 1 aromatic heterocycles. The van der Waals surface area contributed by atoms with Gasteiger partial charge in [0.15, 0.2) is 11.3 Å². The van der Waals surface area contributed by atoms with Gasteiger partial charge in [0.2, 0.25) is 5.91 Å². The zero-order chi connectivity index (χ0) is 17.1. The monoisotopic (exact) mass is 341 g/mol. The van der Waals surface area contributed by atoms with E-state index in [0.29, 0.717) is 22.1 Å². The molecule has 0 unspecified atom stereocenters. The molecule has 0 aliphatic rings. The molecular formula is C19H16ClNO3. The van der Waals surface area contributed by atoms with Gasteiger partial charge in [-0.1, -0.05) is 23.7 Å². The van der Waals surface area contributed by atoms with Crippen molar-refractivity contribution in [1.82, 2.24) is 0 Å². The van der Waals surface area contributed by atoms with E-state index < -0.39 is 0 Å². The highest BCUT2D eigenvalue weighted by molar-refractivity contribution is 6.31. The molecule has 0 bridgehead atoms. The lowest BCUT2D eigenvalue weighted by Gasteiger charge is -2.02. The van der Waals surface area contributed by atoms with Gasteiger partial charge >= 0.3 is 0 Å². The van der Waals surface area contributed by atoms with Crippen molar-refractivity contribution in [2.75, 3.05) is 12.4 Å². The Morgan fingerprint density at radius 3 is 2.83 bits per heavy atom. The van der Waals surface area contributed by atoms with Crippen molar-refractivity contribution in [2.45, 2.75) is 6.92 Å². The summed E-state index contributed by atoms with van der Waals surface area (Å²) in [6.07, 6.45) is 3.03. The molecule has 122 valence electrons. The van der Waals surface area contributed by atoms with Crippen molar-refractivity contribution < 1.29 is 13.9 Å². The van der Waals surface area contributed by atoms with Gasteiger partial charge in [-0.3, -0.25) is 4.79 Å². The normalized spacial score (nSPS) is 11.1. The number of nitrogens with one attached hydrogen (secondary N) is 1. The minimum absolute atomic E-state index is 0.231. The number of halogens is 1. The maximum absolute atomic E-state index is 12.0. The Labute approximate surface area is 144 Å². The van der Waals surface area contributed by atoms with Crippen molar-refractivity contribution >= 4 is 40.2 Å². The summed E-state index contributed by atoms with van der Waals surface area (Å²) in [7, 11) is 1.55. The summed E-state index contributed by atoms with van der Waals surface area (Å²) in [4.78, 5) is 12.0. The third-order valence-electron chi connectivity index (χ3n) is 3.47. The minimum atomic E-state index is -0.231. The number of hydrogen-bond donors (Lipinski definition) is 1. The second kappa shape index (κ2) is 6.81. The third-order valence-corrected chi connectivity index (χ3v) is 3.69. The first-order chi connectivity index (χ1) is 11.5. The maximum atomic E-state index is 12.0. The van der Waals surface area contributed by atoms with Gasteiger partial charge < -0.3 is 14.5 Å². The van der Waals surface area contributed by atoms with Crippen LogP contribution < -0.4 is 10.1 Å². The van der Waals surface area contributed by atoms with Gasteiger partial charge in [-0.25, -0.2) is 0 Å². The summed E-state index contributed by atoms with van der Waals surface area (Å²) < 4.78 is 11.0. The van der Waals surface area contributed by atoms with Crippen molar-refractivity contribution in [2.24, 2.45) is 0 Å². The summed E-state index contributed by atoms with van der Waals surface area (Å²) in [5.74, 6) is 0.873. The van der Waals surface area contributed by atoms with Crippen LogP contribution in [-0.2, 0) is 4.79 Å². The molecule has 1 amide bonds. The lowest BCUT2D eigenvalue weighted by atomic mass is 10.2. The molecule has 0 saturated heterocycles. The summed E-state index contributed by atoms with van der Waals surface area (Å²) in [6.45, 7) is 1.97. The first-order valence-electron chi connectivity index (χ1n) is 7.38. The molecule has 4 nitrogen and oxygen atoms in total. The maximum Gasteiger partial charge on any atom is 0.248 e. The molecule has 0 aliphatic carbocycles. The van der Waals surface area contributed by atoms with Gasteiger partial charge in [0.25, 0.3) is 0 Å². The molecule has 0 saturated carbocycles. The smallest absolute Gasteiger partial charge is 0.248 e. The molecule has 1 N–H and O–H groups in total. The lowest BCUT2D eigenvalue weighted by Crippen LogP contribution is -2.07. The summed E-state index contributed by atoms with van der Waals surface area (Å²) in [5.41, 5.74) is 2.43. The molecule has 0 atom stereocenters. The fourth-order valence-corrected chi connectivity index (χ4v) is 2.62. The molecule has 24 heavy (non-hydrogen) atoms. The van der Waals surface area contributed by atoms with Crippen LogP contribution in [0.25, 0.3) is 17.0 Å². The highest BCUT2D eigenvalue weighted by atomic mass is 35.5. The predicted octanol–water partition coefficient (Wildman–Crippen LogP) is 5.06. The van der Waals surface area contributed by atoms with Crippen LogP contribution in [0.1, 0.15) is 11.3 Å². The molecule has 5 heteroatoms. The largest absolute Gasteiger partial charge is 0.493 e. The van der Waals surface area contributed by atoms with E-state index in [2.05, 4.69) is 5.32 Å². The van der Waals surface area contributed by atoms with Crippen LogP contribution in [0.4, 0.5) is 5.69 Å². The van der Waals surface area contributed by atoms with E-state index in [9.17, 15) is 4.79 Å². The average molecular weight is 342 g/mol. The van der Waals surface area contributed by atoms with E-state index in [1.54, 1.807) is 31.4 Å². The SMILES string of the molecule is COc1cc(Cl)cc2cc(/C=C/C(=O)Nc3cccc(C)c3)oc12. The van der Waals surface area contributed by atoms with E-state index in [0.717, 1.165) is 16.6 Å². The quantitative estimate of drug-likeness (QED) is 0.675. The Morgan fingerprint density at radius 2 is 2.08 bits per heavy atom. The molecule has 3 rings (SSSR count). The van der Waals surface area contributed by atoms with Gasteiger partial charge in [0.05, 0.1) is 7.11 Å². The molecular weight excluding hydrogens is 326 g/mol. The Kier molecular flexibility index (Phi) is 4.58. The number of rotatable bonds is 4. The number of methoxy groups -OCH3 is 1. The topological polar surface area (TPSA) is 51.5 Å². The number of benzene rings is 2. The number of furan rings is 1. The third kappa shape index (κ3) is 3.60. The summed E-state index contributed by atoms with van der Waals surface area (Å²) >= 11 is 6.04. The number of hydrogen-bond acceptors (Lipinski definition) is 3. The first-order valence-corrected chi connectivity index (χ1v) is 7.76. The van der Waals surface area contributed by atoms with Crippen molar-refractivity contribution in [3.63, 3.8) is 0 Å². The second-order valence-electron chi connectivity index (χ2n) is 5.37. The van der Waals surface area contributed by atoms with Crippen molar-refractivity contribution in [1.29, 1.82) is 0 Å². The van der Waals surface area contributed by atoms with Crippen LogP contribution in [-0.4, -0.2) is 13.0 Å². The second-order valence-corrected chi connectivity index (χ2v) is 5.80. The molecule has 0 radical (unpaired) electrons. The number of amides is 1. The van der Waals surface area contributed by atoms with Crippen LogP contribution in [0, 0.1) is 6.92 Å². The molecule has 0 spiro atoms. The molecule has 1 heterocycles. The van der Waals surface area contributed by atoms with Gasteiger partial charge in [0.1, 0.15) is 5.76 Å². The first kappa shape index (κ1) is 16.1. The van der Waals surface area contributed by atoms with Crippen LogP contribution in [0.2, 0.25) is 5.02 Å². The minimum Gasteiger partial charge on any atom is -0.493 e. The van der Waals surface area contributed by atoms with Crippen LogP contribution >= 0.6 is 11.6 Å². The zero-order valence-electron chi connectivity index (χ0n) is 13.3. The number of ether oxygens (including phenoxy) is 1. The van der Waals surface area contributed by atoms with Gasteiger partial charge in [0, 0.05) is 28.2 Å². The zero-order valence-corrected chi connectivity index (χ0v) is 14.1. The molecule has 2 aromatic carbocycles. The van der Waals surface area contributed by atoms with Crippen molar-refractivity contribution in [3.8, 4) is 5.75 Å². The van der Waals surface area contributed by atoms with Gasteiger partial charge in [-0.15, -0.1) is 0 Å². The van der Waals surface area contributed by atoms with E-state index in [4.69, 9.17) is 20.8 Å². The van der Waals surface area contributed by atoms with E-state index >= 15 is 0 Å². The highest BCUT2D eigenvalue weighted by Crippen LogP contribution is 2.32. The fourth-order valence-electron chi connectivity index (χ4n) is 2.40. The van der Waals surface area contributed by atoms with Gasteiger partial charge in [-0.05, 0) is 42.8 Å². The molecule has 0 fully saturated rings. The Bertz CT molecular complexity index is 928. The average Bonchev–Trinajstić information content (AvgIpc) is 2.95.